The molecule has 0 spiro atoms. The molecule has 7 nitrogen and oxygen atoms in total. The first kappa shape index (κ1) is 20.5. The fourth-order valence-corrected chi connectivity index (χ4v) is 2.88. The van der Waals surface area contributed by atoms with E-state index in [1.54, 1.807) is 12.1 Å². The minimum absolute atomic E-state index is 0.0547. The van der Waals surface area contributed by atoms with Crippen molar-refractivity contribution < 1.29 is 14.3 Å². The number of hydrogen-bond acceptors (Lipinski definition) is 4. The number of para-hydroxylation sites is 2. The molecule has 0 aliphatic carbocycles. The number of fused-ring (bicyclic) bond motifs is 1. The Morgan fingerprint density at radius 2 is 1.72 bits per heavy atom. The van der Waals surface area contributed by atoms with Crippen LogP contribution in [0.5, 0.6) is 11.5 Å². The molecular weight excluding hydrogens is 368 g/mol. The number of hydrogen-bond donors (Lipinski definition) is 3. The Kier molecular flexibility index (Phi) is 7.74. The minimum Gasteiger partial charge on any atom is -0.486 e. The van der Waals surface area contributed by atoms with Gasteiger partial charge < -0.3 is 25.4 Å². The number of rotatable bonds is 8. The second-order valence-corrected chi connectivity index (χ2v) is 6.62. The lowest BCUT2D eigenvalue weighted by Gasteiger charge is -2.25. The zero-order valence-electron chi connectivity index (χ0n) is 16.7. The Labute approximate surface area is 171 Å². The molecule has 3 rings (SSSR count). The van der Waals surface area contributed by atoms with E-state index < -0.39 is 0 Å². The van der Waals surface area contributed by atoms with Crippen molar-refractivity contribution in [1.82, 2.24) is 16.0 Å². The monoisotopic (exact) mass is 396 g/mol. The topological polar surface area (TPSA) is 84.0 Å². The Morgan fingerprint density at radius 1 is 1.00 bits per heavy atom. The van der Waals surface area contributed by atoms with E-state index in [4.69, 9.17) is 9.47 Å². The SMILES string of the molecule is CCNC(=NCC1COc2ccccc2O1)NCCCNC(=O)c1ccccc1. The molecule has 2 aromatic carbocycles. The molecule has 154 valence electrons. The number of guanidine groups is 1. The fourth-order valence-electron chi connectivity index (χ4n) is 2.88. The van der Waals surface area contributed by atoms with E-state index >= 15 is 0 Å². The normalized spacial score (nSPS) is 15.5. The third-order valence-electron chi connectivity index (χ3n) is 4.33. The van der Waals surface area contributed by atoms with Gasteiger partial charge in [-0.15, -0.1) is 0 Å². The summed E-state index contributed by atoms with van der Waals surface area (Å²) in [5.41, 5.74) is 0.673. The van der Waals surface area contributed by atoms with Crippen LogP contribution in [0.15, 0.2) is 59.6 Å². The summed E-state index contributed by atoms with van der Waals surface area (Å²) < 4.78 is 11.7. The molecule has 0 saturated carbocycles. The molecule has 3 N–H and O–H groups in total. The predicted molar refractivity (Wildman–Crippen MR) is 114 cm³/mol. The van der Waals surface area contributed by atoms with Crippen LogP contribution >= 0.6 is 0 Å². The van der Waals surface area contributed by atoms with Gasteiger partial charge in [-0.3, -0.25) is 4.79 Å². The first-order valence-electron chi connectivity index (χ1n) is 10.00. The highest BCUT2D eigenvalue weighted by Crippen LogP contribution is 2.30. The third-order valence-corrected chi connectivity index (χ3v) is 4.33. The van der Waals surface area contributed by atoms with Gasteiger partial charge in [0.1, 0.15) is 6.61 Å². The molecule has 2 aromatic rings. The maximum absolute atomic E-state index is 12.0. The van der Waals surface area contributed by atoms with Gasteiger partial charge in [0.05, 0.1) is 6.54 Å². The maximum atomic E-state index is 12.0. The summed E-state index contributed by atoms with van der Waals surface area (Å²) in [6.45, 7) is 5.05. The van der Waals surface area contributed by atoms with Gasteiger partial charge in [0.2, 0.25) is 0 Å². The molecule has 7 heteroatoms. The summed E-state index contributed by atoms with van der Waals surface area (Å²) in [5.74, 6) is 2.20. The summed E-state index contributed by atoms with van der Waals surface area (Å²) in [5, 5.41) is 9.43. The van der Waals surface area contributed by atoms with Crippen LogP contribution in [0.4, 0.5) is 0 Å². The Bertz CT molecular complexity index is 811. The smallest absolute Gasteiger partial charge is 0.251 e. The maximum Gasteiger partial charge on any atom is 0.251 e. The average Bonchev–Trinajstić information content (AvgIpc) is 2.77. The average molecular weight is 396 g/mol. The number of carbonyl (C=O) groups is 1. The largest absolute Gasteiger partial charge is 0.486 e. The second kappa shape index (κ2) is 10.9. The molecule has 0 aromatic heterocycles. The quantitative estimate of drug-likeness (QED) is 0.362. The fraction of sp³-hybridized carbons (Fsp3) is 0.364. The molecule has 0 bridgehead atoms. The lowest BCUT2D eigenvalue weighted by atomic mass is 10.2. The molecule has 1 aliphatic rings. The highest BCUT2D eigenvalue weighted by atomic mass is 16.6. The van der Waals surface area contributed by atoms with E-state index in [1.807, 2.05) is 49.4 Å². The Balaban J connectivity index is 1.39. The molecular formula is C22H28N4O3. The van der Waals surface area contributed by atoms with E-state index in [-0.39, 0.29) is 12.0 Å². The summed E-state index contributed by atoms with van der Waals surface area (Å²) in [7, 11) is 0. The van der Waals surface area contributed by atoms with Crippen molar-refractivity contribution >= 4 is 11.9 Å². The predicted octanol–water partition coefficient (Wildman–Crippen LogP) is 2.20. The zero-order chi connectivity index (χ0) is 20.3. The lowest BCUT2D eigenvalue weighted by Crippen LogP contribution is -2.40. The molecule has 0 radical (unpaired) electrons. The van der Waals surface area contributed by atoms with Crippen LogP contribution in [0.25, 0.3) is 0 Å². The Hall–Kier alpha value is -3.22. The van der Waals surface area contributed by atoms with Crippen LogP contribution in [-0.4, -0.2) is 50.8 Å². The minimum atomic E-state index is -0.120. The van der Waals surface area contributed by atoms with Gasteiger partial charge in [0.25, 0.3) is 5.91 Å². The van der Waals surface area contributed by atoms with Crippen molar-refractivity contribution in [2.75, 3.05) is 32.8 Å². The standard InChI is InChI=1S/C22H28N4O3/c1-2-23-22(25-14-8-13-24-21(27)17-9-4-3-5-10-17)26-15-18-16-28-19-11-6-7-12-20(19)29-18/h3-7,9-12,18H,2,8,13-16H2,1H3,(H,24,27)(H2,23,25,26). The van der Waals surface area contributed by atoms with Crippen molar-refractivity contribution in [2.45, 2.75) is 19.4 Å². The van der Waals surface area contributed by atoms with Gasteiger partial charge in [-0.2, -0.15) is 0 Å². The summed E-state index contributed by atoms with van der Waals surface area (Å²) in [6.07, 6.45) is 0.671. The summed E-state index contributed by atoms with van der Waals surface area (Å²) in [4.78, 5) is 16.6. The Morgan fingerprint density at radius 3 is 2.52 bits per heavy atom. The van der Waals surface area contributed by atoms with Gasteiger partial charge >= 0.3 is 0 Å². The van der Waals surface area contributed by atoms with Crippen LogP contribution in [-0.2, 0) is 0 Å². The molecule has 1 aliphatic heterocycles. The number of amides is 1. The highest BCUT2D eigenvalue weighted by molar-refractivity contribution is 5.94. The van der Waals surface area contributed by atoms with Crippen LogP contribution in [0.2, 0.25) is 0 Å². The van der Waals surface area contributed by atoms with E-state index in [9.17, 15) is 4.79 Å². The number of benzene rings is 2. The van der Waals surface area contributed by atoms with E-state index in [2.05, 4.69) is 20.9 Å². The molecule has 1 atom stereocenters. The highest BCUT2D eigenvalue weighted by Gasteiger charge is 2.20. The number of aliphatic imine (C=N–C) groups is 1. The zero-order valence-corrected chi connectivity index (χ0v) is 16.7. The van der Waals surface area contributed by atoms with E-state index in [0.717, 1.165) is 30.4 Å². The van der Waals surface area contributed by atoms with Gasteiger partial charge in [0, 0.05) is 25.2 Å². The van der Waals surface area contributed by atoms with E-state index in [1.165, 1.54) is 0 Å². The van der Waals surface area contributed by atoms with Crippen molar-refractivity contribution in [3.05, 3.63) is 60.2 Å². The van der Waals surface area contributed by atoms with Crippen LogP contribution in [0, 0.1) is 0 Å². The third kappa shape index (κ3) is 6.41. The van der Waals surface area contributed by atoms with Crippen molar-refractivity contribution in [2.24, 2.45) is 4.99 Å². The van der Waals surface area contributed by atoms with Gasteiger partial charge in [-0.05, 0) is 37.6 Å². The number of carbonyl (C=O) groups excluding carboxylic acids is 1. The summed E-state index contributed by atoms with van der Waals surface area (Å²) in [6, 6.07) is 16.9. The molecule has 29 heavy (non-hydrogen) atoms. The second-order valence-electron chi connectivity index (χ2n) is 6.62. The molecule has 1 amide bonds. The lowest BCUT2D eigenvalue weighted by molar-refractivity contribution is 0.0953. The first-order valence-corrected chi connectivity index (χ1v) is 10.00. The van der Waals surface area contributed by atoms with Gasteiger partial charge in [-0.25, -0.2) is 4.99 Å². The molecule has 0 fully saturated rings. The summed E-state index contributed by atoms with van der Waals surface area (Å²) >= 11 is 0. The van der Waals surface area contributed by atoms with Crippen molar-refractivity contribution in [3.63, 3.8) is 0 Å². The van der Waals surface area contributed by atoms with Gasteiger partial charge in [0.15, 0.2) is 23.6 Å². The van der Waals surface area contributed by atoms with Gasteiger partial charge in [-0.1, -0.05) is 30.3 Å². The molecule has 1 unspecified atom stereocenters. The van der Waals surface area contributed by atoms with Crippen LogP contribution in [0.3, 0.4) is 0 Å². The van der Waals surface area contributed by atoms with Crippen molar-refractivity contribution in [1.29, 1.82) is 0 Å². The van der Waals surface area contributed by atoms with Crippen molar-refractivity contribution in [3.8, 4) is 11.5 Å². The number of nitrogens with zero attached hydrogens (tertiary/aromatic N) is 1. The van der Waals surface area contributed by atoms with Crippen LogP contribution in [0.1, 0.15) is 23.7 Å². The van der Waals surface area contributed by atoms with E-state index in [0.29, 0.717) is 31.8 Å². The molecule has 0 saturated heterocycles. The number of nitrogens with one attached hydrogen (secondary N) is 3. The number of ether oxygens (including phenoxy) is 2. The molecule has 1 heterocycles. The van der Waals surface area contributed by atoms with Crippen LogP contribution < -0.4 is 25.4 Å². The first-order chi connectivity index (χ1) is 14.3.